The summed E-state index contributed by atoms with van der Waals surface area (Å²) in [6.07, 6.45) is 2.09. The van der Waals surface area contributed by atoms with Gasteiger partial charge < -0.3 is 20.0 Å². The Hall–Kier alpha value is -4.72. The molecule has 0 bridgehead atoms. The van der Waals surface area contributed by atoms with Crippen LogP contribution in [0.2, 0.25) is 0 Å². The third-order valence-electron chi connectivity index (χ3n) is 6.23. The summed E-state index contributed by atoms with van der Waals surface area (Å²) in [4.78, 5) is 34.0. The van der Waals surface area contributed by atoms with Crippen molar-refractivity contribution in [2.24, 2.45) is 0 Å². The molecule has 0 fully saturated rings. The molecule has 0 saturated heterocycles. The van der Waals surface area contributed by atoms with Crippen molar-refractivity contribution in [1.29, 1.82) is 0 Å². The normalized spacial score (nSPS) is 11.9. The molecule has 7 nitrogen and oxygen atoms in total. The summed E-state index contributed by atoms with van der Waals surface area (Å²) in [5, 5.41) is 6.69. The Labute approximate surface area is 212 Å². The lowest BCUT2D eigenvalue weighted by molar-refractivity contribution is -0.118. The molecule has 2 amide bonds. The van der Waals surface area contributed by atoms with E-state index in [0.29, 0.717) is 11.6 Å². The van der Waals surface area contributed by atoms with E-state index in [4.69, 9.17) is 4.42 Å². The summed E-state index contributed by atoms with van der Waals surface area (Å²) in [7, 11) is 0. The first-order valence-electron chi connectivity index (χ1n) is 11.8. The molecule has 0 saturated carbocycles. The van der Waals surface area contributed by atoms with E-state index in [9.17, 15) is 14.0 Å². The van der Waals surface area contributed by atoms with Crippen LogP contribution >= 0.6 is 0 Å². The second-order valence-electron chi connectivity index (χ2n) is 8.83. The molecule has 0 unspecified atom stereocenters. The molecule has 8 heteroatoms. The lowest BCUT2D eigenvalue weighted by Crippen LogP contribution is -2.45. The molecule has 5 rings (SSSR count). The van der Waals surface area contributed by atoms with Gasteiger partial charge in [0.15, 0.2) is 0 Å². The number of aromatic nitrogens is 2. The number of H-pyrrole nitrogens is 1. The zero-order valence-corrected chi connectivity index (χ0v) is 20.3. The standard InChI is InChI=1S/C29H25FN4O3/c1-17-18(2)37-29(32-17)20-6-5-7-23(14-20)33-28(36)26(34-27(35)19-10-12-22(30)13-11-19)15-21-16-31-25-9-4-3-8-24(21)25/h3-14,16,26,31H,15H2,1-2H3,(H,33,36)(H,34,35)/t26-/m1/s1. The number of nitrogens with zero attached hydrogens (tertiary/aromatic N) is 1. The van der Waals surface area contributed by atoms with Crippen LogP contribution in [0.5, 0.6) is 0 Å². The molecule has 5 aromatic rings. The number of carbonyl (C=O) groups excluding carboxylic acids is 2. The molecule has 2 heterocycles. The second-order valence-corrected chi connectivity index (χ2v) is 8.83. The molecule has 186 valence electrons. The SMILES string of the molecule is Cc1nc(-c2cccc(NC(=O)[C@@H](Cc3c[nH]c4ccccc34)NC(=O)c3ccc(F)cc3)c2)oc1C. The van der Waals surface area contributed by atoms with Gasteiger partial charge >= 0.3 is 0 Å². The van der Waals surface area contributed by atoms with Gasteiger partial charge in [0, 0.05) is 40.3 Å². The van der Waals surface area contributed by atoms with Crippen LogP contribution in [0, 0.1) is 19.7 Å². The minimum Gasteiger partial charge on any atom is -0.441 e. The molecular weight excluding hydrogens is 471 g/mol. The Morgan fingerprint density at radius 2 is 1.81 bits per heavy atom. The Morgan fingerprint density at radius 1 is 1.03 bits per heavy atom. The van der Waals surface area contributed by atoms with E-state index in [0.717, 1.165) is 33.5 Å². The van der Waals surface area contributed by atoms with Crippen molar-refractivity contribution < 1.29 is 18.4 Å². The van der Waals surface area contributed by atoms with Crippen molar-refractivity contribution >= 4 is 28.4 Å². The Bertz CT molecular complexity index is 1570. The van der Waals surface area contributed by atoms with Gasteiger partial charge in [0.2, 0.25) is 11.8 Å². The fourth-order valence-electron chi connectivity index (χ4n) is 4.13. The number of benzene rings is 3. The number of oxazole rings is 1. The fraction of sp³-hybridized carbons (Fsp3) is 0.138. The number of aromatic amines is 1. The summed E-state index contributed by atoms with van der Waals surface area (Å²) in [6.45, 7) is 3.71. The first-order chi connectivity index (χ1) is 17.9. The summed E-state index contributed by atoms with van der Waals surface area (Å²) in [6, 6.07) is 19.2. The summed E-state index contributed by atoms with van der Waals surface area (Å²) >= 11 is 0. The van der Waals surface area contributed by atoms with Crippen LogP contribution in [0.15, 0.2) is 83.4 Å². The number of carbonyl (C=O) groups is 2. The number of para-hydroxylation sites is 1. The molecule has 0 spiro atoms. The number of anilines is 1. The van der Waals surface area contributed by atoms with Gasteiger partial charge in [-0.25, -0.2) is 9.37 Å². The van der Waals surface area contributed by atoms with Crippen LogP contribution in [0.4, 0.5) is 10.1 Å². The topological polar surface area (TPSA) is 100 Å². The molecule has 0 radical (unpaired) electrons. The molecule has 37 heavy (non-hydrogen) atoms. The summed E-state index contributed by atoms with van der Waals surface area (Å²) in [5.41, 5.74) is 4.13. The van der Waals surface area contributed by atoms with Gasteiger partial charge in [0.05, 0.1) is 5.69 Å². The maximum atomic E-state index is 13.5. The Morgan fingerprint density at radius 3 is 2.57 bits per heavy atom. The Kier molecular flexibility index (Phi) is 6.55. The molecule has 3 aromatic carbocycles. The average molecular weight is 497 g/mol. The maximum Gasteiger partial charge on any atom is 0.251 e. The lowest BCUT2D eigenvalue weighted by atomic mass is 10.0. The van der Waals surface area contributed by atoms with E-state index in [1.165, 1.54) is 24.3 Å². The van der Waals surface area contributed by atoms with Crippen molar-refractivity contribution in [3.8, 4) is 11.5 Å². The number of hydrogen-bond acceptors (Lipinski definition) is 4. The van der Waals surface area contributed by atoms with Crippen LogP contribution in [0.1, 0.15) is 27.4 Å². The predicted octanol–water partition coefficient (Wildman–Crippen LogP) is 5.56. The third-order valence-corrected chi connectivity index (χ3v) is 6.23. The van der Waals surface area contributed by atoms with Crippen molar-refractivity contribution in [2.75, 3.05) is 5.32 Å². The number of rotatable bonds is 7. The Balaban J connectivity index is 1.41. The smallest absolute Gasteiger partial charge is 0.251 e. The van der Waals surface area contributed by atoms with Gasteiger partial charge in [-0.1, -0.05) is 24.3 Å². The molecule has 0 aliphatic rings. The van der Waals surface area contributed by atoms with E-state index >= 15 is 0 Å². The molecule has 2 aromatic heterocycles. The average Bonchev–Trinajstić information content (AvgIpc) is 3.46. The zero-order valence-electron chi connectivity index (χ0n) is 20.3. The van der Waals surface area contributed by atoms with Crippen LogP contribution in [-0.2, 0) is 11.2 Å². The summed E-state index contributed by atoms with van der Waals surface area (Å²) in [5.74, 6) is -0.115. The van der Waals surface area contributed by atoms with Crippen LogP contribution < -0.4 is 10.6 Å². The van der Waals surface area contributed by atoms with Gasteiger partial charge in [-0.2, -0.15) is 0 Å². The molecular formula is C29H25FN4O3. The minimum atomic E-state index is -0.897. The number of hydrogen-bond donors (Lipinski definition) is 3. The third kappa shape index (κ3) is 5.28. The van der Waals surface area contributed by atoms with Gasteiger partial charge in [0.25, 0.3) is 5.91 Å². The van der Waals surface area contributed by atoms with Crippen molar-refractivity contribution in [3.63, 3.8) is 0 Å². The number of aryl methyl sites for hydroxylation is 2. The van der Waals surface area contributed by atoms with E-state index in [2.05, 4.69) is 20.6 Å². The van der Waals surface area contributed by atoms with E-state index < -0.39 is 23.7 Å². The molecule has 1 atom stereocenters. The predicted molar refractivity (Wildman–Crippen MR) is 140 cm³/mol. The largest absolute Gasteiger partial charge is 0.441 e. The highest BCUT2D eigenvalue weighted by atomic mass is 19.1. The number of halogens is 1. The van der Waals surface area contributed by atoms with Gasteiger partial charge in [-0.05, 0) is 67.9 Å². The van der Waals surface area contributed by atoms with E-state index in [1.807, 2.05) is 50.4 Å². The summed E-state index contributed by atoms with van der Waals surface area (Å²) < 4.78 is 19.1. The quantitative estimate of drug-likeness (QED) is 0.275. The van der Waals surface area contributed by atoms with Gasteiger partial charge in [-0.3, -0.25) is 9.59 Å². The van der Waals surface area contributed by atoms with Crippen LogP contribution in [0.3, 0.4) is 0 Å². The first kappa shape index (κ1) is 24.0. The lowest BCUT2D eigenvalue weighted by Gasteiger charge is -2.19. The molecule has 0 aliphatic carbocycles. The minimum absolute atomic E-state index is 0.251. The monoisotopic (exact) mass is 496 g/mol. The van der Waals surface area contributed by atoms with Crippen LogP contribution in [0.25, 0.3) is 22.4 Å². The van der Waals surface area contributed by atoms with Gasteiger partial charge in [-0.15, -0.1) is 0 Å². The number of fused-ring (bicyclic) bond motifs is 1. The molecule has 3 N–H and O–H groups in total. The number of nitrogens with one attached hydrogen (secondary N) is 3. The zero-order chi connectivity index (χ0) is 25.9. The highest BCUT2D eigenvalue weighted by molar-refractivity contribution is 6.01. The molecule has 0 aliphatic heterocycles. The fourth-order valence-corrected chi connectivity index (χ4v) is 4.13. The highest BCUT2D eigenvalue weighted by Crippen LogP contribution is 2.25. The second kappa shape index (κ2) is 10.1. The van der Waals surface area contributed by atoms with Crippen molar-refractivity contribution in [2.45, 2.75) is 26.3 Å². The van der Waals surface area contributed by atoms with Gasteiger partial charge in [0.1, 0.15) is 17.6 Å². The van der Waals surface area contributed by atoms with E-state index in [-0.39, 0.29) is 12.0 Å². The van der Waals surface area contributed by atoms with E-state index in [1.54, 1.807) is 18.2 Å². The van der Waals surface area contributed by atoms with Crippen molar-refractivity contribution in [3.05, 3.63) is 107 Å². The first-order valence-corrected chi connectivity index (χ1v) is 11.8. The maximum absolute atomic E-state index is 13.5. The number of amides is 2. The van der Waals surface area contributed by atoms with Crippen molar-refractivity contribution in [1.82, 2.24) is 15.3 Å². The van der Waals surface area contributed by atoms with Crippen LogP contribution in [-0.4, -0.2) is 27.8 Å². The highest BCUT2D eigenvalue weighted by Gasteiger charge is 2.24.